The SMILES string of the molecule is CCC.CCC(C)=O.CCC1CCCC1.CCCC(C)C(C)=O.CCCCC(=O)CC(=O)C(CC)C(CCC)CC1CC(=O)c2c(C)cccc2C1. The Labute approximate surface area is 321 Å². The topological polar surface area (TPSA) is 85.3 Å². The van der Waals surface area contributed by atoms with Gasteiger partial charge in [0.25, 0.3) is 0 Å². The Morgan fingerprint density at radius 3 is 1.81 bits per heavy atom. The third-order valence-electron chi connectivity index (χ3n) is 10.5. The van der Waals surface area contributed by atoms with Gasteiger partial charge in [-0.2, -0.15) is 0 Å². The largest absolute Gasteiger partial charge is 0.300 e. The Bertz CT molecular complexity index is 1130. The maximum atomic E-state index is 12.9. The van der Waals surface area contributed by atoms with Crippen molar-refractivity contribution in [2.75, 3.05) is 0 Å². The van der Waals surface area contributed by atoms with Gasteiger partial charge in [0.15, 0.2) is 5.78 Å². The van der Waals surface area contributed by atoms with E-state index in [4.69, 9.17) is 0 Å². The molecule has 1 aromatic rings. The highest BCUT2D eigenvalue weighted by Crippen LogP contribution is 2.36. The van der Waals surface area contributed by atoms with E-state index in [0.29, 0.717) is 31.0 Å². The monoisotopic (exact) mass is 727 g/mol. The standard InChI is InChI=1S/C26H38O3.C7H14O.C7H14.C4H8O.C3H8/c1-5-8-13-22(27)17-24(28)23(7-3)20(10-6-2)14-19-15-21-12-9-11-18(4)26(21)25(29)16-19;1-4-5-6(2)7(3)8;1-2-7-5-3-4-6-7;1-3-4(2)5;1-3-2/h9,11-12,19-20,23H,5-8,10,13-17H2,1-4H3;6H,4-5H2,1-3H3;7H,2-6H2,1H3;3H2,1-2H3;3H2,1-2H3. The highest BCUT2D eigenvalue weighted by atomic mass is 16.2. The van der Waals surface area contributed by atoms with Crippen LogP contribution >= 0.6 is 0 Å². The van der Waals surface area contributed by atoms with Crippen molar-refractivity contribution in [3.8, 4) is 0 Å². The van der Waals surface area contributed by atoms with E-state index < -0.39 is 0 Å². The van der Waals surface area contributed by atoms with Crippen molar-refractivity contribution in [2.45, 2.75) is 205 Å². The van der Waals surface area contributed by atoms with E-state index in [2.05, 4.69) is 54.5 Å². The zero-order valence-corrected chi connectivity index (χ0v) is 36.1. The van der Waals surface area contributed by atoms with Gasteiger partial charge in [-0.15, -0.1) is 0 Å². The van der Waals surface area contributed by atoms with Crippen LogP contribution in [0.4, 0.5) is 0 Å². The Morgan fingerprint density at radius 1 is 0.808 bits per heavy atom. The first-order valence-corrected chi connectivity index (χ1v) is 21.4. The second-order valence-electron chi connectivity index (χ2n) is 15.5. The fourth-order valence-corrected chi connectivity index (χ4v) is 7.16. The van der Waals surface area contributed by atoms with Crippen LogP contribution in [0.25, 0.3) is 0 Å². The lowest BCUT2D eigenvalue weighted by molar-refractivity contribution is -0.131. The quantitative estimate of drug-likeness (QED) is 0.149. The van der Waals surface area contributed by atoms with Gasteiger partial charge in [0.05, 0.1) is 6.42 Å². The number of ketones is 5. The molecular formula is C47H82O5. The highest BCUT2D eigenvalue weighted by molar-refractivity contribution is 6.00. The van der Waals surface area contributed by atoms with Crippen LogP contribution in [0.15, 0.2) is 18.2 Å². The maximum Gasteiger partial charge on any atom is 0.163 e. The number of Topliss-reactive ketones (excluding diaryl/α,β-unsaturated/α-hetero) is 5. The molecule has 5 heteroatoms. The molecule has 2 aliphatic carbocycles. The molecule has 0 bridgehead atoms. The van der Waals surface area contributed by atoms with Crippen LogP contribution in [0.3, 0.4) is 0 Å². The summed E-state index contributed by atoms with van der Waals surface area (Å²) in [7, 11) is 0. The Hall–Kier alpha value is -2.43. The lowest BCUT2D eigenvalue weighted by Crippen LogP contribution is -2.30. The van der Waals surface area contributed by atoms with E-state index >= 15 is 0 Å². The van der Waals surface area contributed by atoms with Gasteiger partial charge in [-0.25, -0.2) is 0 Å². The minimum absolute atomic E-state index is 0.0606. The van der Waals surface area contributed by atoms with Crippen molar-refractivity contribution >= 4 is 28.9 Å². The molecule has 52 heavy (non-hydrogen) atoms. The fraction of sp³-hybridized carbons (Fsp3) is 0.766. The number of unbranched alkanes of at least 4 members (excludes halogenated alkanes) is 1. The average molecular weight is 727 g/mol. The molecule has 2 aliphatic rings. The third-order valence-corrected chi connectivity index (χ3v) is 10.5. The van der Waals surface area contributed by atoms with Gasteiger partial charge in [0.1, 0.15) is 23.1 Å². The van der Waals surface area contributed by atoms with Crippen LogP contribution in [-0.2, 0) is 25.6 Å². The molecule has 0 N–H and O–H groups in total. The first-order chi connectivity index (χ1) is 24.7. The molecule has 0 radical (unpaired) electrons. The molecular weight excluding hydrogens is 645 g/mol. The molecule has 3 rings (SSSR count). The maximum absolute atomic E-state index is 12.9. The van der Waals surface area contributed by atoms with Crippen LogP contribution < -0.4 is 0 Å². The van der Waals surface area contributed by atoms with Gasteiger partial charge in [-0.1, -0.05) is 145 Å². The Balaban J connectivity index is 0. The van der Waals surface area contributed by atoms with E-state index in [-0.39, 0.29) is 47.3 Å². The van der Waals surface area contributed by atoms with Crippen LogP contribution in [0.5, 0.6) is 0 Å². The minimum atomic E-state index is -0.0606. The summed E-state index contributed by atoms with van der Waals surface area (Å²) in [6.45, 7) is 24.0. The molecule has 0 aromatic heterocycles. The minimum Gasteiger partial charge on any atom is -0.300 e. The summed E-state index contributed by atoms with van der Waals surface area (Å²) in [4.78, 5) is 58.2. The molecule has 0 amide bonds. The zero-order valence-electron chi connectivity index (χ0n) is 36.1. The van der Waals surface area contributed by atoms with Crippen molar-refractivity contribution in [3.63, 3.8) is 0 Å². The average Bonchev–Trinajstić information content (AvgIpc) is 3.63. The summed E-state index contributed by atoms with van der Waals surface area (Å²) in [5.41, 5.74) is 3.15. The molecule has 0 spiro atoms. The number of carbonyl (C=O) groups is 5. The summed E-state index contributed by atoms with van der Waals surface area (Å²) >= 11 is 0. The normalized spacial score (nSPS) is 16.5. The van der Waals surface area contributed by atoms with E-state index in [1.54, 1.807) is 13.8 Å². The van der Waals surface area contributed by atoms with Gasteiger partial charge < -0.3 is 4.79 Å². The number of hydrogen-bond donors (Lipinski definition) is 0. The van der Waals surface area contributed by atoms with Crippen LogP contribution in [0, 0.1) is 36.5 Å². The lowest BCUT2D eigenvalue weighted by atomic mass is 9.72. The molecule has 4 atom stereocenters. The van der Waals surface area contributed by atoms with E-state index in [1.165, 1.54) is 38.5 Å². The smallest absolute Gasteiger partial charge is 0.163 e. The van der Waals surface area contributed by atoms with Gasteiger partial charge in [0, 0.05) is 36.7 Å². The Kier molecular flexibility index (Phi) is 31.8. The summed E-state index contributed by atoms with van der Waals surface area (Å²) < 4.78 is 0. The van der Waals surface area contributed by atoms with Crippen molar-refractivity contribution in [1.29, 1.82) is 0 Å². The van der Waals surface area contributed by atoms with E-state index in [1.807, 2.05) is 32.9 Å². The number of aryl methyl sites for hydroxylation is 1. The van der Waals surface area contributed by atoms with Gasteiger partial charge in [0.2, 0.25) is 0 Å². The molecule has 1 saturated carbocycles. The van der Waals surface area contributed by atoms with E-state index in [9.17, 15) is 24.0 Å². The molecule has 1 aromatic carbocycles. The molecule has 0 aliphatic heterocycles. The Morgan fingerprint density at radius 2 is 1.38 bits per heavy atom. The first-order valence-electron chi connectivity index (χ1n) is 21.4. The number of hydrogen-bond acceptors (Lipinski definition) is 5. The second kappa shape index (κ2) is 32.0. The van der Waals surface area contributed by atoms with E-state index in [0.717, 1.165) is 80.4 Å². The van der Waals surface area contributed by atoms with Gasteiger partial charge in [-0.3, -0.25) is 19.2 Å². The molecule has 1 fully saturated rings. The van der Waals surface area contributed by atoms with Crippen molar-refractivity contribution in [3.05, 3.63) is 34.9 Å². The predicted molar refractivity (Wildman–Crippen MR) is 222 cm³/mol. The zero-order chi connectivity index (χ0) is 40.1. The van der Waals surface area contributed by atoms with Crippen molar-refractivity contribution in [1.82, 2.24) is 0 Å². The van der Waals surface area contributed by atoms with Crippen molar-refractivity contribution < 1.29 is 24.0 Å². The van der Waals surface area contributed by atoms with Crippen molar-refractivity contribution in [2.24, 2.45) is 29.6 Å². The molecule has 300 valence electrons. The fourth-order valence-electron chi connectivity index (χ4n) is 7.16. The van der Waals surface area contributed by atoms with Gasteiger partial charge in [-0.05, 0) is 81.8 Å². The first kappa shape index (κ1) is 51.7. The third kappa shape index (κ3) is 23.3. The number of fused-ring (bicyclic) bond motifs is 1. The molecule has 4 unspecified atom stereocenters. The number of carbonyl (C=O) groups excluding carboxylic acids is 5. The molecule has 0 heterocycles. The molecule has 0 saturated heterocycles. The van der Waals surface area contributed by atoms with Crippen LogP contribution in [-0.4, -0.2) is 28.9 Å². The van der Waals surface area contributed by atoms with Crippen LogP contribution in [0.2, 0.25) is 0 Å². The highest BCUT2D eigenvalue weighted by Gasteiger charge is 2.33. The second-order valence-corrected chi connectivity index (χ2v) is 15.5. The van der Waals surface area contributed by atoms with Crippen LogP contribution in [0.1, 0.15) is 213 Å². The molecule has 5 nitrogen and oxygen atoms in total. The summed E-state index contributed by atoms with van der Waals surface area (Å²) in [5, 5.41) is 0. The van der Waals surface area contributed by atoms with Gasteiger partial charge >= 0.3 is 0 Å². The number of benzene rings is 1. The number of rotatable bonds is 17. The summed E-state index contributed by atoms with van der Waals surface area (Å²) in [6.07, 6.45) is 19.1. The predicted octanol–water partition coefficient (Wildman–Crippen LogP) is 13.3. The lowest BCUT2D eigenvalue weighted by Gasteiger charge is -2.31. The summed E-state index contributed by atoms with van der Waals surface area (Å²) in [6, 6.07) is 6.13. The summed E-state index contributed by atoms with van der Waals surface area (Å²) in [5.74, 6) is 2.89.